The molecule has 1 saturated heterocycles. The van der Waals surface area contributed by atoms with Gasteiger partial charge in [-0.3, -0.25) is 14.3 Å². The SMILES string of the molecule is Cc1nc2c(c(=O)n1CCOc1ccc(Cl)cc1C1CC(C)Nc3c(C(=O)O)csc31)C[C@@H](N1CCC[C@]3(C1)CC3(F)F)CC2. The predicted molar refractivity (Wildman–Crippen MR) is 170 cm³/mol. The smallest absolute Gasteiger partial charge is 0.338 e. The van der Waals surface area contributed by atoms with Gasteiger partial charge < -0.3 is 15.2 Å². The molecule has 2 unspecified atom stereocenters. The molecule has 45 heavy (non-hydrogen) atoms. The number of anilines is 1. The van der Waals surface area contributed by atoms with Crippen LogP contribution in [-0.2, 0) is 19.4 Å². The summed E-state index contributed by atoms with van der Waals surface area (Å²) < 4.78 is 36.3. The average Bonchev–Trinajstić information content (AvgIpc) is 3.29. The molecule has 4 aliphatic rings. The van der Waals surface area contributed by atoms with Crippen LogP contribution in [0, 0.1) is 12.3 Å². The van der Waals surface area contributed by atoms with E-state index in [2.05, 4.69) is 10.2 Å². The number of piperidine rings is 1. The number of rotatable bonds is 7. The van der Waals surface area contributed by atoms with E-state index in [1.807, 2.05) is 26.0 Å². The summed E-state index contributed by atoms with van der Waals surface area (Å²) in [5.41, 5.74) is 2.35. The molecule has 2 aliphatic heterocycles. The Morgan fingerprint density at radius 3 is 2.89 bits per heavy atom. The molecule has 2 N–H and O–H groups in total. The number of carboxylic acid groups (broad SMARTS) is 1. The van der Waals surface area contributed by atoms with Gasteiger partial charge in [0.05, 0.1) is 28.9 Å². The monoisotopic (exact) mass is 658 g/mol. The Hall–Kier alpha value is -3.02. The molecule has 240 valence electrons. The average molecular weight is 659 g/mol. The van der Waals surface area contributed by atoms with Crippen molar-refractivity contribution in [2.75, 3.05) is 25.0 Å². The van der Waals surface area contributed by atoms with Crippen molar-refractivity contribution in [3.05, 3.63) is 72.0 Å². The topological polar surface area (TPSA) is 96.7 Å². The lowest BCUT2D eigenvalue weighted by molar-refractivity contribution is 0.0105. The fraction of sp³-hybridized carbons (Fsp3) is 0.545. The van der Waals surface area contributed by atoms with Gasteiger partial charge in [-0.05, 0) is 77.1 Å². The third-order valence-electron chi connectivity index (χ3n) is 10.3. The zero-order valence-corrected chi connectivity index (χ0v) is 26.9. The van der Waals surface area contributed by atoms with Gasteiger partial charge in [-0.2, -0.15) is 0 Å². The molecule has 12 heteroatoms. The Kier molecular flexibility index (Phi) is 7.72. The Morgan fingerprint density at radius 1 is 1.33 bits per heavy atom. The summed E-state index contributed by atoms with van der Waals surface area (Å²) in [6, 6.07) is 5.59. The standard InChI is InChI=1S/C33H37ClF2N4O4S/c1-18-12-23(29-28(37-18)25(15-45-29)31(42)43)22-13-20(34)4-7-27(22)44-11-10-40-19(2)38-26-6-5-21(14-24(26)30(40)41)39-9-3-8-32(17-39)16-33(32,35)36/h4,7,13,15,18,21,23,37H,3,5-6,8-12,14,16-17H2,1-2H3,(H,42,43)/t18?,21-,23?,32+/m0/s1. The molecule has 4 atom stereocenters. The Labute approximate surface area is 269 Å². The molecule has 7 rings (SSSR count). The van der Waals surface area contributed by atoms with Crippen molar-refractivity contribution in [2.45, 2.75) is 89.3 Å². The Morgan fingerprint density at radius 2 is 2.13 bits per heavy atom. The second-order valence-corrected chi connectivity index (χ2v) is 14.6. The maximum absolute atomic E-state index is 14.2. The van der Waals surface area contributed by atoms with Crippen LogP contribution in [0.25, 0.3) is 0 Å². The van der Waals surface area contributed by atoms with E-state index >= 15 is 0 Å². The van der Waals surface area contributed by atoms with Crippen molar-refractivity contribution >= 4 is 34.6 Å². The molecule has 0 amide bonds. The number of aryl methyl sites for hydroxylation is 2. The van der Waals surface area contributed by atoms with Crippen molar-refractivity contribution in [3.63, 3.8) is 0 Å². The lowest BCUT2D eigenvalue weighted by Crippen LogP contribution is -2.48. The van der Waals surface area contributed by atoms with Gasteiger partial charge >= 0.3 is 5.97 Å². The van der Waals surface area contributed by atoms with Gasteiger partial charge in [0, 0.05) is 57.4 Å². The molecule has 1 saturated carbocycles. The number of aromatic carboxylic acids is 1. The summed E-state index contributed by atoms with van der Waals surface area (Å²) in [7, 11) is 0. The first kappa shape index (κ1) is 30.6. The number of nitrogens with zero attached hydrogens (tertiary/aromatic N) is 3. The summed E-state index contributed by atoms with van der Waals surface area (Å²) in [5, 5.41) is 15.3. The van der Waals surface area contributed by atoms with E-state index in [4.69, 9.17) is 21.3 Å². The lowest BCUT2D eigenvalue weighted by Gasteiger charge is -2.40. The number of thiophene rings is 1. The summed E-state index contributed by atoms with van der Waals surface area (Å²) in [5.74, 6) is -2.36. The third-order valence-corrected chi connectivity index (χ3v) is 11.6. The number of carbonyl (C=O) groups is 1. The van der Waals surface area contributed by atoms with E-state index < -0.39 is 17.3 Å². The number of carboxylic acids is 1. The van der Waals surface area contributed by atoms with Crippen molar-refractivity contribution in [3.8, 4) is 5.75 Å². The van der Waals surface area contributed by atoms with Crippen LogP contribution in [-0.4, -0.2) is 63.2 Å². The van der Waals surface area contributed by atoms with Gasteiger partial charge in [0.25, 0.3) is 11.5 Å². The molecule has 0 radical (unpaired) electrons. The maximum Gasteiger partial charge on any atom is 0.338 e. The first-order chi connectivity index (χ1) is 21.5. The fourth-order valence-electron chi connectivity index (χ4n) is 7.83. The quantitative estimate of drug-likeness (QED) is 0.305. The highest BCUT2D eigenvalue weighted by molar-refractivity contribution is 7.11. The van der Waals surface area contributed by atoms with E-state index in [1.165, 1.54) is 11.3 Å². The van der Waals surface area contributed by atoms with Crippen LogP contribution < -0.4 is 15.6 Å². The van der Waals surface area contributed by atoms with Crippen LogP contribution in [0.5, 0.6) is 5.75 Å². The molecule has 2 aromatic heterocycles. The van der Waals surface area contributed by atoms with Crippen molar-refractivity contribution in [1.29, 1.82) is 0 Å². The van der Waals surface area contributed by atoms with Crippen LogP contribution in [0.3, 0.4) is 0 Å². The second-order valence-electron chi connectivity index (χ2n) is 13.2. The van der Waals surface area contributed by atoms with Crippen LogP contribution in [0.2, 0.25) is 5.02 Å². The molecular formula is C33H37ClF2N4O4S. The predicted octanol–water partition coefficient (Wildman–Crippen LogP) is 6.36. The molecular weight excluding hydrogens is 622 g/mol. The Balaban J connectivity index is 1.09. The number of benzene rings is 1. The van der Waals surface area contributed by atoms with Crippen LogP contribution in [0.1, 0.15) is 82.8 Å². The van der Waals surface area contributed by atoms with E-state index in [-0.39, 0.29) is 42.2 Å². The molecule has 1 aromatic carbocycles. The van der Waals surface area contributed by atoms with E-state index in [9.17, 15) is 23.5 Å². The van der Waals surface area contributed by atoms with E-state index in [0.717, 1.165) is 41.9 Å². The first-order valence-electron chi connectivity index (χ1n) is 15.7. The number of likely N-dealkylation sites (tertiary alicyclic amines) is 1. The van der Waals surface area contributed by atoms with Gasteiger partial charge in [-0.1, -0.05) is 11.6 Å². The number of halogens is 3. The summed E-state index contributed by atoms with van der Waals surface area (Å²) >= 11 is 7.85. The minimum Gasteiger partial charge on any atom is -0.491 e. The molecule has 0 bridgehead atoms. The molecule has 1 spiro atoms. The van der Waals surface area contributed by atoms with Gasteiger partial charge in [-0.15, -0.1) is 11.3 Å². The van der Waals surface area contributed by atoms with Crippen molar-refractivity contribution in [2.24, 2.45) is 5.41 Å². The highest BCUT2D eigenvalue weighted by Crippen LogP contribution is 2.64. The highest BCUT2D eigenvalue weighted by Gasteiger charge is 2.71. The number of aromatic nitrogens is 2. The highest BCUT2D eigenvalue weighted by atomic mass is 35.5. The van der Waals surface area contributed by atoms with Gasteiger partial charge in [0.2, 0.25) is 0 Å². The zero-order valence-electron chi connectivity index (χ0n) is 25.4. The number of ether oxygens (including phenoxy) is 1. The number of hydrogen-bond acceptors (Lipinski definition) is 7. The second kappa shape index (κ2) is 11.3. The van der Waals surface area contributed by atoms with Crippen molar-refractivity contribution < 1.29 is 23.4 Å². The number of nitrogens with one attached hydrogen (secondary N) is 1. The lowest BCUT2D eigenvalue weighted by atomic mass is 9.86. The Bertz CT molecular complexity index is 1730. The van der Waals surface area contributed by atoms with Gasteiger partial charge in [0.15, 0.2) is 0 Å². The zero-order chi connectivity index (χ0) is 31.7. The largest absolute Gasteiger partial charge is 0.491 e. The molecule has 4 heterocycles. The van der Waals surface area contributed by atoms with Crippen molar-refractivity contribution in [1.82, 2.24) is 14.5 Å². The molecule has 3 aromatic rings. The summed E-state index contributed by atoms with van der Waals surface area (Å²) in [6.07, 6.45) is 4.10. The van der Waals surface area contributed by atoms with Crippen LogP contribution >= 0.6 is 22.9 Å². The maximum atomic E-state index is 14.2. The molecule has 2 aliphatic carbocycles. The van der Waals surface area contributed by atoms with Crippen LogP contribution in [0.15, 0.2) is 28.4 Å². The molecule has 8 nitrogen and oxygen atoms in total. The van der Waals surface area contributed by atoms with Gasteiger partial charge in [0.1, 0.15) is 18.2 Å². The normalized spacial score (nSPS) is 27.0. The van der Waals surface area contributed by atoms with Crippen LogP contribution in [0.4, 0.5) is 14.5 Å². The molecule has 2 fully saturated rings. The number of fused-ring (bicyclic) bond motifs is 2. The fourth-order valence-corrected chi connectivity index (χ4v) is 9.14. The van der Waals surface area contributed by atoms with Gasteiger partial charge in [-0.25, -0.2) is 18.6 Å². The van der Waals surface area contributed by atoms with E-state index in [1.54, 1.807) is 16.0 Å². The first-order valence-corrected chi connectivity index (χ1v) is 17.0. The summed E-state index contributed by atoms with van der Waals surface area (Å²) in [6.45, 7) is 5.58. The third kappa shape index (κ3) is 5.44. The van der Waals surface area contributed by atoms with E-state index in [0.29, 0.717) is 60.2 Å². The number of hydrogen-bond donors (Lipinski definition) is 2. The minimum absolute atomic E-state index is 0.0166. The number of alkyl halides is 2. The summed E-state index contributed by atoms with van der Waals surface area (Å²) in [4.78, 5) is 33.6. The minimum atomic E-state index is -2.56.